The highest BCUT2D eigenvalue weighted by Crippen LogP contribution is 2.12. The summed E-state index contributed by atoms with van der Waals surface area (Å²) in [6.07, 6.45) is -2.36. The lowest BCUT2D eigenvalue weighted by atomic mass is 9.99. The Morgan fingerprint density at radius 2 is 2.00 bits per heavy atom. The largest absolute Gasteiger partial charge is 0.389 e. The first-order chi connectivity index (χ1) is 5.16. The van der Waals surface area contributed by atoms with Crippen LogP contribution in [0.1, 0.15) is 0 Å². The van der Waals surface area contributed by atoms with E-state index in [0.29, 0.717) is 0 Å². The van der Waals surface area contributed by atoms with Gasteiger partial charge in [0.1, 0.15) is 6.10 Å². The smallest absolute Gasteiger partial charge is 0.109 e. The Morgan fingerprint density at radius 1 is 1.36 bits per heavy atom. The predicted octanol–water partition coefficient (Wildman–Crippen LogP) is -2.61. The van der Waals surface area contributed by atoms with Crippen molar-refractivity contribution in [3.63, 3.8) is 0 Å². The SMILES string of the molecule is NC[C@H]1OC[C@@H](N)[C@@H](O)[C@@H]1O. The first kappa shape index (κ1) is 8.89. The van der Waals surface area contributed by atoms with Gasteiger partial charge in [-0.25, -0.2) is 0 Å². The Labute approximate surface area is 64.9 Å². The molecule has 1 aliphatic rings. The lowest BCUT2D eigenvalue weighted by molar-refractivity contribution is -0.139. The monoisotopic (exact) mass is 162 g/mol. The maximum absolute atomic E-state index is 9.27. The van der Waals surface area contributed by atoms with Crippen LogP contribution in [-0.4, -0.2) is 47.7 Å². The molecule has 1 saturated heterocycles. The van der Waals surface area contributed by atoms with Crippen LogP contribution in [0.5, 0.6) is 0 Å². The topological polar surface area (TPSA) is 102 Å². The number of ether oxygens (including phenoxy) is 1. The fourth-order valence-corrected chi connectivity index (χ4v) is 1.11. The zero-order valence-corrected chi connectivity index (χ0v) is 6.18. The molecule has 0 aromatic rings. The van der Waals surface area contributed by atoms with E-state index in [1.54, 1.807) is 0 Å². The molecule has 1 heterocycles. The zero-order chi connectivity index (χ0) is 8.43. The summed E-state index contributed by atoms with van der Waals surface area (Å²) in [7, 11) is 0. The molecule has 0 aromatic carbocycles. The summed E-state index contributed by atoms with van der Waals surface area (Å²) in [5, 5.41) is 18.5. The normalized spacial score (nSPS) is 45.8. The van der Waals surface area contributed by atoms with Crippen molar-refractivity contribution in [2.24, 2.45) is 11.5 Å². The number of rotatable bonds is 1. The van der Waals surface area contributed by atoms with Gasteiger partial charge in [0.25, 0.3) is 0 Å². The minimum absolute atomic E-state index is 0.199. The fraction of sp³-hybridized carbons (Fsp3) is 1.00. The van der Waals surface area contributed by atoms with Gasteiger partial charge in [0.05, 0.1) is 24.9 Å². The minimum atomic E-state index is -0.955. The van der Waals surface area contributed by atoms with Gasteiger partial charge >= 0.3 is 0 Å². The summed E-state index contributed by atoms with van der Waals surface area (Å²) in [6, 6.07) is -0.507. The summed E-state index contributed by atoms with van der Waals surface area (Å²) in [5.41, 5.74) is 10.7. The molecule has 0 spiro atoms. The molecule has 0 unspecified atom stereocenters. The van der Waals surface area contributed by atoms with E-state index >= 15 is 0 Å². The third-order valence-electron chi connectivity index (χ3n) is 1.90. The minimum Gasteiger partial charge on any atom is -0.389 e. The van der Waals surface area contributed by atoms with Gasteiger partial charge in [0.2, 0.25) is 0 Å². The van der Waals surface area contributed by atoms with E-state index in [0.717, 1.165) is 0 Å². The molecule has 11 heavy (non-hydrogen) atoms. The molecular weight excluding hydrogens is 148 g/mol. The van der Waals surface area contributed by atoms with E-state index in [9.17, 15) is 10.2 Å². The second-order valence-corrected chi connectivity index (χ2v) is 2.75. The molecule has 1 fully saturated rings. The van der Waals surface area contributed by atoms with Crippen molar-refractivity contribution in [1.29, 1.82) is 0 Å². The van der Waals surface area contributed by atoms with Gasteiger partial charge in [0.15, 0.2) is 0 Å². The van der Waals surface area contributed by atoms with Crippen LogP contribution in [0.2, 0.25) is 0 Å². The molecule has 0 radical (unpaired) electrons. The summed E-state index contributed by atoms with van der Waals surface area (Å²) < 4.78 is 5.06. The molecular formula is C6H14N2O3. The number of aliphatic hydroxyl groups excluding tert-OH is 2. The third-order valence-corrected chi connectivity index (χ3v) is 1.90. The van der Waals surface area contributed by atoms with Crippen molar-refractivity contribution in [3.05, 3.63) is 0 Å². The maximum Gasteiger partial charge on any atom is 0.109 e. The second kappa shape index (κ2) is 3.46. The van der Waals surface area contributed by atoms with Crippen LogP contribution in [-0.2, 0) is 4.74 Å². The van der Waals surface area contributed by atoms with Crippen LogP contribution in [0.15, 0.2) is 0 Å². The highest BCUT2D eigenvalue weighted by molar-refractivity contribution is 4.88. The quantitative estimate of drug-likeness (QED) is 0.338. The second-order valence-electron chi connectivity index (χ2n) is 2.75. The van der Waals surface area contributed by atoms with Crippen LogP contribution < -0.4 is 11.5 Å². The first-order valence-corrected chi connectivity index (χ1v) is 3.60. The average molecular weight is 162 g/mol. The van der Waals surface area contributed by atoms with Gasteiger partial charge in [-0.2, -0.15) is 0 Å². The molecule has 4 atom stereocenters. The van der Waals surface area contributed by atoms with Crippen molar-refractivity contribution in [1.82, 2.24) is 0 Å². The lowest BCUT2D eigenvalue weighted by Gasteiger charge is -2.35. The predicted molar refractivity (Wildman–Crippen MR) is 38.8 cm³/mol. The highest BCUT2D eigenvalue weighted by Gasteiger charge is 2.35. The summed E-state index contributed by atoms with van der Waals surface area (Å²) in [4.78, 5) is 0. The highest BCUT2D eigenvalue weighted by atomic mass is 16.5. The summed E-state index contributed by atoms with van der Waals surface area (Å²) >= 11 is 0. The van der Waals surface area contributed by atoms with E-state index in [4.69, 9.17) is 16.2 Å². The Bertz CT molecular complexity index is 131. The molecule has 0 aliphatic carbocycles. The van der Waals surface area contributed by atoms with Crippen LogP contribution >= 0.6 is 0 Å². The summed E-state index contributed by atoms with van der Waals surface area (Å²) in [5.74, 6) is 0. The number of hydrogen-bond acceptors (Lipinski definition) is 5. The molecule has 66 valence electrons. The molecule has 0 bridgehead atoms. The fourth-order valence-electron chi connectivity index (χ4n) is 1.11. The van der Waals surface area contributed by atoms with Crippen molar-refractivity contribution in [2.45, 2.75) is 24.4 Å². The standard InChI is InChI=1S/C6H14N2O3/c7-1-4-6(10)5(9)3(8)2-11-4/h3-6,9-10H,1-2,7-8H2/t3-,4-,5-,6-/m1/s1. The molecule has 5 heteroatoms. The number of nitrogens with two attached hydrogens (primary N) is 2. The molecule has 6 N–H and O–H groups in total. The maximum atomic E-state index is 9.27. The molecule has 5 nitrogen and oxygen atoms in total. The van der Waals surface area contributed by atoms with E-state index in [1.165, 1.54) is 0 Å². The van der Waals surface area contributed by atoms with Crippen molar-refractivity contribution < 1.29 is 14.9 Å². The number of hydrogen-bond donors (Lipinski definition) is 4. The van der Waals surface area contributed by atoms with Crippen molar-refractivity contribution in [3.8, 4) is 0 Å². The number of aliphatic hydroxyl groups is 2. The zero-order valence-electron chi connectivity index (χ0n) is 6.18. The van der Waals surface area contributed by atoms with Gasteiger partial charge in [-0.15, -0.1) is 0 Å². The molecule has 1 rings (SSSR count). The Morgan fingerprint density at radius 3 is 2.55 bits per heavy atom. The van der Waals surface area contributed by atoms with Crippen LogP contribution in [0, 0.1) is 0 Å². The Balaban J connectivity index is 2.52. The van der Waals surface area contributed by atoms with Crippen LogP contribution in [0.3, 0.4) is 0 Å². The Hall–Kier alpha value is -0.200. The van der Waals surface area contributed by atoms with Gasteiger partial charge in [-0.1, -0.05) is 0 Å². The van der Waals surface area contributed by atoms with Crippen molar-refractivity contribution >= 4 is 0 Å². The summed E-state index contributed by atoms with van der Waals surface area (Å²) in [6.45, 7) is 0.449. The van der Waals surface area contributed by atoms with Crippen molar-refractivity contribution in [2.75, 3.05) is 13.2 Å². The van der Waals surface area contributed by atoms with Gasteiger partial charge in [-0.3, -0.25) is 0 Å². The average Bonchev–Trinajstić information content (AvgIpc) is 2.01. The van der Waals surface area contributed by atoms with Crippen LogP contribution in [0.4, 0.5) is 0 Å². The van der Waals surface area contributed by atoms with Gasteiger partial charge < -0.3 is 26.4 Å². The van der Waals surface area contributed by atoms with Gasteiger partial charge in [-0.05, 0) is 0 Å². The van der Waals surface area contributed by atoms with Crippen LogP contribution in [0.25, 0.3) is 0 Å². The molecule has 0 amide bonds. The Kier molecular flexibility index (Phi) is 2.80. The van der Waals surface area contributed by atoms with E-state index < -0.39 is 24.4 Å². The van der Waals surface area contributed by atoms with Gasteiger partial charge in [0, 0.05) is 6.54 Å². The molecule has 0 aromatic heterocycles. The lowest BCUT2D eigenvalue weighted by Crippen LogP contribution is -2.58. The van der Waals surface area contributed by atoms with E-state index in [-0.39, 0.29) is 13.2 Å². The molecule has 0 saturated carbocycles. The van der Waals surface area contributed by atoms with E-state index in [1.807, 2.05) is 0 Å². The third kappa shape index (κ3) is 1.69. The van der Waals surface area contributed by atoms with E-state index in [2.05, 4.69) is 0 Å². The first-order valence-electron chi connectivity index (χ1n) is 3.60. The molecule has 1 aliphatic heterocycles.